The van der Waals surface area contributed by atoms with Gasteiger partial charge in [-0.25, -0.2) is 4.79 Å². The third-order valence-electron chi connectivity index (χ3n) is 1.93. The van der Waals surface area contributed by atoms with Crippen LogP contribution in [0.1, 0.15) is 5.56 Å². The Bertz CT molecular complexity index is 370. The number of amides is 1. The van der Waals surface area contributed by atoms with Crippen molar-refractivity contribution in [2.24, 2.45) is 5.10 Å². The summed E-state index contributed by atoms with van der Waals surface area (Å²) in [6.07, 6.45) is 1.12. The van der Waals surface area contributed by atoms with Gasteiger partial charge in [0.15, 0.2) is 0 Å². The van der Waals surface area contributed by atoms with Crippen LogP contribution < -0.4 is 5.01 Å². The van der Waals surface area contributed by atoms with Gasteiger partial charge in [0.25, 0.3) is 0 Å². The van der Waals surface area contributed by atoms with Gasteiger partial charge in [-0.1, -0.05) is 17.7 Å². The Morgan fingerprint density at radius 2 is 2.07 bits per heavy atom. The molecule has 0 spiro atoms. The van der Waals surface area contributed by atoms with Crippen LogP contribution in [-0.2, 0) is 4.74 Å². The zero-order valence-corrected chi connectivity index (χ0v) is 7.80. The normalized spacial score (nSPS) is 15.5. The molecule has 4 heteroatoms. The Labute approximate surface area is 81.8 Å². The number of hydrazone groups is 1. The number of cyclic esters (lactones) is 1. The van der Waals surface area contributed by atoms with E-state index < -0.39 is 6.09 Å². The first-order valence-electron chi connectivity index (χ1n) is 4.33. The Morgan fingerprint density at radius 1 is 1.36 bits per heavy atom. The molecule has 14 heavy (non-hydrogen) atoms. The predicted octanol–water partition coefficient (Wildman–Crippen LogP) is 1.94. The summed E-state index contributed by atoms with van der Waals surface area (Å²) in [4.78, 5) is 11.3. The Morgan fingerprint density at radius 3 is 2.71 bits per heavy atom. The lowest BCUT2D eigenvalue weighted by molar-refractivity contribution is 0.167. The van der Waals surface area contributed by atoms with Crippen molar-refractivity contribution in [1.82, 2.24) is 0 Å². The van der Waals surface area contributed by atoms with Crippen molar-refractivity contribution in [3.63, 3.8) is 0 Å². The summed E-state index contributed by atoms with van der Waals surface area (Å²) < 4.78 is 4.81. The summed E-state index contributed by atoms with van der Waals surface area (Å²) in [5.74, 6) is 0. The number of carbonyl (C=O) groups excluding carboxylic acids is 1. The molecule has 1 amide bonds. The van der Waals surface area contributed by atoms with Crippen LogP contribution in [0.15, 0.2) is 29.4 Å². The number of rotatable bonds is 1. The first kappa shape index (κ1) is 8.74. The third kappa shape index (κ3) is 1.59. The van der Waals surface area contributed by atoms with Crippen molar-refractivity contribution in [2.75, 3.05) is 11.6 Å². The van der Waals surface area contributed by atoms with Gasteiger partial charge in [0.05, 0.1) is 11.9 Å². The van der Waals surface area contributed by atoms with Gasteiger partial charge in [0.1, 0.15) is 6.61 Å². The monoisotopic (exact) mass is 190 g/mol. The molecule has 0 atom stereocenters. The maximum absolute atomic E-state index is 11.3. The molecular weight excluding hydrogens is 180 g/mol. The highest BCUT2D eigenvalue weighted by atomic mass is 16.6. The fourth-order valence-electron chi connectivity index (χ4n) is 1.19. The maximum Gasteiger partial charge on any atom is 0.435 e. The van der Waals surface area contributed by atoms with Gasteiger partial charge in [0.2, 0.25) is 0 Å². The topological polar surface area (TPSA) is 41.9 Å². The minimum atomic E-state index is -0.434. The molecule has 4 nitrogen and oxygen atoms in total. The van der Waals surface area contributed by atoms with E-state index in [0.717, 1.165) is 11.3 Å². The number of hydrogen-bond acceptors (Lipinski definition) is 3. The number of aryl methyl sites for hydroxylation is 1. The molecule has 72 valence electrons. The SMILES string of the molecule is Cc1ccc(N2N=CCOC2=O)cc1. The molecule has 1 aromatic carbocycles. The van der Waals surface area contributed by atoms with Gasteiger partial charge < -0.3 is 4.74 Å². The zero-order chi connectivity index (χ0) is 9.97. The number of benzene rings is 1. The van der Waals surface area contributed by atoms with Crippen molar-refractivity contribution in [3.05, 3.63) is 29.8 Å². The maximum atomic E-state index is 11.3. The lowest BCUT2D eigenvalue weighted by Crippen LogP contribution is -2.31. The van der Waals surface area contributed by atoms with Crippen molar-refractivity contribution < 1.29 is 9.53 Å². The molecule has 0 radical (unpaired) electrons. The minimum absolute atomic E-state index is 0.251. The second-order valence-electron chi connectivity index (χ2n) is 3.02. The highest BCUT2D eigenvalue weighted by molar-refractivity contribution is 5.91. The van der Waals surface area contributed by atoms with Gasteiger partial charge in [-0.05, 0) is 19.1 Å². The smallest absolute Gasteiger partial charge is 0.435 e. The molecule has 0 saturated heterocycles. The second-order valence-corrected chi connectivity index (χ2v) is 3.02. The van der Waals surface area contributed by atoms with E-state index in [0.29, 0.717) is 0 Å². The average Bonchev–Trinajstić information content (AvgIpc) is 2.20. The number of ether oxygens (including phenoxy) is 1. The molecule has 0 saturated carbocycles. The molecule has 1 aliphatic heterocycles. The van der Waals surface area contributed by atoms with Crippen molar-refractivity contribution >= 4 is 18.0 Å². The van der Waals surface area contributed by atoms with Crippen LogP contribution in [0.2, 0.25) is 0 Å². The van der Waals surface area contributed by atoms with Crippen molar-refractivity contribution in [3.8, 4) is 0 Å². The first-order chi connectivity index (χ1) is 6.77. The Balaban J connectivity index is 2.29. The van der Waals surface area contributed by atoms with Crippen LogP contribution in [0.3, 0.4) is 0 Å². The van der Waals surface area contributed by atoms with Crippen LogP contribution in [0.25, 0.3) is 0 Å². The van der Waals surface area contributed by atoms with Crippen LogP contribution in [0, 0.1) is 6.92 Å². The van der Waals surface area contributed by atoms with E-state index in [2.05, 4.69) is 5.10 Å². The van der Waals surface area contributed by atoms with E-state index in [1.54, 1.807) is 6.21 Å². The van der Waals surface area contributed by atoms with E-state index >= 15 is 0 Å². The van der Waals surface area contributed by atoms with Gasteiger partial charge in [-0.2, -0.15) is 10.1 Å². The van der Waals surface area contributed by atoms with Crippen LogP contribution in [0.5, 0.6) is 0 Å². The fraction of sp³-hybridized carbons (Fsp3) is 0.200. The van der Waals surface area contributed by atoms with E-state index in [9.17, 15) is 4.79 Å². The molecule has 0 unspecified atom stereocenters. The average molecular weight is 190 g/mol. The Kier molecular flexibility index (Phi) is 2.18. The second kappa shape index (κ2) is 3.49. The minimum Gasteiger partial charge on any atom is -0.442 e. The summed E-state index contributed by atoms with van der Waals surface area (Å²) in [5.41, 5.74) is 1.86. The van der Waals surface area contributed by atoms with Gasteiger partial charge in [0, 0.05) is 0 Å². The van der Waals surface area contributed by atoms with Crippen LogP contribution in [-0.4, -0.2) is 18.9 Å². The molecule has 1 heterocycles. The molecule has 0 fully saturated rings. The third-order valence-corrected chi connectivity index (χ3v) is 1.93. The van der Waals surface area contributed by atoms with Gasteiger partial charge in [-0.3, -0.25) is 0 Å². The molecule has 0 aromatic heterocycles. The molecule has 1 aromatic rings. The van der Waals surface area contributed by atoms with Crippen LogP contribution >= 0.6 is 0 Å². The van der Waals surface area contributed by atoms with E-state index in [1.165, 1.54) is 5.01 Å². The number of carbonyl (C=O) groups is 1. The van der Waals surface area contributed by atoms with Crippen LogP contribution in [0.4, 0.5) is 10.5 Å². The molecule has 0 aliphatic carbocycles. The molecular formula is C10H10N2O2. The fourth-order valence-corrected chi connectivity index (χ4v) is 1.19. The number of nitrogens with zero attached hydrogens (tertiary/aromatic N) is 2. The van der Waals surface area contributed by atoms with Crippen molar-refractivity contribution in [2.45, 2.75) is 6.92 Å². The zero-order valence-electron chi connectivity index (χ0n) is 7.80. The summed E-state index contributed by atoms with van der Waals surface area (Å²) in [7, 11) is 0. The number of hydrogen-bond donors (Lipinski definition) is 0. The van der Waals surface area contributed by atoms with Gasteiger partial charge >= 0.3 is 6.09 Å². The Hall–Kier alpha value is -1.84. The lowest BCUT2D eigenvalue weighted by atomic mass is 10.2. The quantitative estimate of drug-likeness (QED) is 0.679. The number of anilines is 1. The van der Waals surface area contributed by atoms with E-state index in [-0.39, 0.29) is 6.61 Å². The molecule has 2 rings (SSSR count). The summed E-state index contributed by atoms with van der Waals surface area (Å²) in [5, 5.41) is 5.18. The summed E-state index contributed by atoms with van der Waals surface area (Å²) in [6.45, 7) is 2.24. The van der Waals surface area contributed by atoms with E-state index in [4.69, 9.17) is 4.74 Å². The van der Waals surface area contributed by atoms with E-state index in [1.807, 2.05) is 31.2 Å². The summed E-state index contributed by atoms with van der Waals surface area (Å²) >= 11 is 0. The largest absolute Gasteiger partial charge is 0.442 e. The molecule has 1 aliphatic rings. The predicted molar refractivity (Wildman–Crippen MR) is 53.5 cm³/mol. The standard InChI is InChI=1S/C10H10N2O2/c1-8-2-4-9(5-3-8)12-10(13)14-7-6-11-12/h2-6H,7H2,1H3. The highest BCUT2D eigenvalue weighted by Gasteiger charge is 2.18. The molecule has 0 N–H and O–H groups in total. The van der Waals surface area contributed by atoms with Gasteiger partial charge in [-0.15, -0.1) is 0 Å². The first-order valence-corrected chi connectivity index (χ1v) is 4.33. The van der Waals surface area contributed by atoms with Crippen molar-refractivity contribution in [1.29, 1.82) is 0 Å². The summed E-state index contributed by atoms with van der Waals surface area (Å²) in [6, 6.07) is 7.51. The molecule has 0 bridgehead atoms. The highest BCUT2D eigenvalue weighted by Crippen LogP contribution is 2.17. The lowest BCUT2D eigenvalue weighted by Gasteiger charge is -2.19.